The van der Waals surface area contributed by atoms with E-state index in [1.165, 1.54) is 44.3 Å². The van der Waals surface area contributed by atoms with Crippen LogP contribution in [0.15, 0.2) is 42.7 Å². The Bertz CT molecular complexity index is 381. The van der Waals surface area contributed by atoms with Gasteiger partial charge in [0.05, 0.1) is 0 Å². The fourth-order valence-electron chi connectivity index (χ4n) is 2.75. The molecule has 1 heterocycles. The minimum atomic E-state index is 0.510. The zero-order valence-corrected chi connectivity index (χ0v) is 13.0. The molecule has 0 amide bonds. The fraction of sp³-hybridized carbons (Fsp3) is 0.556. The molecule has 2 rings (SSSR count). The average Bonchev–Trinajstić information content (AvgIpc) is 2.86. The molecule has 0 radical (unpaired) electrons. The molecule has 0 saturated carbocycles. The maximum atomic E-state index is 2.52. The van der Waals surface area contributed by atoms with Crippen molar-refractivity contribution < 1.29 is 0 Å². The van der Waals surface area contributed by atoms with Crippen LogP contribution in [0, 0.1) is 0 Å². The molecular formula is C18H28N2. The third kappa shape index (κ3) is 4.03. The summed E-state index contributed by atoms with van der Waals surface area (Å²) in [7, 11) is 0. The van der Waals surface area contributed by atoms with Gasteiger partial charge < -0.3 is 9.80 Å². The van der Waals surface area contributed by atoms with Gasteiger partial charge in [-0.05, 0) is 18.4 Å². The van der Waals surface area contributed by atoms with Crippen LogP contribution in [-0.2, 0) is 6.42 Å². The minimum Gasteiger partial charge on any atom is -0.356 e. The first kappa shape index (κ1) is 15.0. The Labute approximate surface area is 124 Å². The second kappa shape index (κ2) is 7.98. The number of benzene rings is 1. The molecule has 110 valence electrons. The summed E-state index contributed by atoms with van der Waals surface area (Å²) in [6, 6.07) is 10.9. The van der Waals surface area contributed by atoms with Crippen LogP contribution in [0.4, 0.5) is 0 Å². The summed E-state index contributed by atoms with van der Waals surface area (Å²) in [6.45, 7) is 6.88. The van der Waals surface area contributed by atoms with Gasteiger partial charge in [-0.3, -0.25) is 0 Å². The van der Waals surface area contributed by atoms with Gasteiger partial charge in [-0.2, -0.15) is 0 Å². The summed E-state index contributed by atoms with van der Waals surface area (Å²) in [4.78, 5) is 5.04. The quantitative estimate of drug-likeness (QED) is 0.698. The number of hydrogen-bond donors (Lipinski definition) is 0. The second-order valence-corrected chi connectivity index (χ2v) is 5.65. The molecule has 0 bridgehead atoms. The van der Waals surface area contributed by atoms with E-state index in [4.69, 9.17) is 0 Å². The van der Waals surface area contributed by atoms with Crippen molar-refractivity contribution >= 4 is 0 Å². The van der Waals surface area contributed by atoms with Crippen molar-refractivity contribution in [1.29, 1.82) is 0 Å². The normalized spacial score (nSPS) is 15.3. The molecule has 0 spiro atoms. The Morgan fingerprint density at radius 3 is 1.90 bits per heavy atom. The standard InChI is InChI=1S/C18H28N2/c1-3-5-12-19-14-15-20(13-6-4-2)18(19)16-17-10-8-7-9-11-17/h7-11,14-15,18H,3-6,12-13,16H2,1-2H3. The molecule has 1 aromatic carbocycles. The first-order chi connectivity index (χ1) is 9.85. The van der Waals surface area contributed by atoms with E-state index in [-0.39, 0.29) is 0 Å². The second-order valence-electron chi connectivity index (χ2n) is 5.65. The molecule has 1 aliphatic heterocycles. The zero-order chi connectivity index (χ0) is 14.2. The van der Waals surface area contributed by atoms with E-state index < -0.39 is 0 Å². The number of unbranched alkanes of at least 4 members (excludes halogenated alkanes) is 2. The Hall–Kier alpha value is -1.44. The van der Waals surface area contributed by atoms with Crippen molar-refractivity contribution in [2.45, 2.75) is 52.1 Å². The van der Waals surface area contributed by atoms with Crippen LogP contribution in [0.25, 0.3) is 0 Å². The number of hydrogen-bond acceptors (Lipinski definition) is 2. The SMILES string of the molecule is CCCCN1C=CN(CCCC)C1Cc1ccccc1. The topological polar surface area (TPSA) is 6.48 Å². The van der Waals surface area contributed by atoms with Gasteiger partial charge >= 0.3 is 0 Å². The third-order valence-electron chi connectivity index (χ3n) is 4.02. The molecule has 0 atom stereocenters. The van der Waals surface area contributed by atoms with Crippen molar-refractivity contribution in [3.8, 4) is 0 Å². The Kier molecular flexibility index (Phi) is 5.97. The lowest BCUT2D eigenvalue weighted by molar-refractivity contribution is 0.149. The molecule has 20 heavy (non-hydrogen) atoms. The molecular weight excluding hydrogens is 244 g/mol. The fourth-order valence-corrected chi connectivity index (χ4v) is 2.75. The predicted molar refractivity (Wildman–Crippen MR) is 86.3 cm³/mol. The Morgan fingerprint density at radius 2 is 1.40 bits per heavy atom. The molecule has 1 aromatic rings. The van der Waals surface area contributed by atoms with Gasteiger partial charge in [-0.1, -0.05) is 57.0 Å². The maximum Gasteiger partial charge on any atom is 0.105 e. The molecule has 1 aliphatic rings. The van der Waals surface area contributed by atoms with Crippen molar-refractivity contribution in [3.05, 3.63) is 48.3 Å². The molecule has 0 unspecified atom stereocenters. The van der Waals surface area contributed by atoms with Gasteiger partial charge in [0.15, 0.2) is 0 Å². The molecule has 0 aliphatic carbocycles. The van der Waals surface area contributed by atoms with Crippen molar-refractivity contribution in [2.24, 2.45) is 0 Å². The number of nitrogens with zero attached hydrogens (tertiary/aromatic N) is 2. The van der Waals surface area contributed by atoms with Crippen LogP contribution in [0.5, 0.6) is 0 Å². The van der Waals surface area contributed by atoms with Crippen molar-refractivity contribution in [2.75, 3.05) is 13.1 Å². The smallest absolute Gasteiger partial charge is 0.105 e. The summed E-state index contributed by atoms with van der Waals surface area (Å²) in [5.74, 6) is 0. The van der Waals surface area contributed by atoms with E-state index in [1.807, 2.05) is 0 Å². The van der Waals surface area contributed by atoms with Gasteiger partial charge in [0.1, 0.15) is 6.17 Å². The maximum absolute atomic E-state index is 2.52. The first-order valence-electron chi connectivity index (χ1n) is 8.09. The minimum absolute atomic E-state index is 0.510. The monoisotopic (exact) mass is 272 g/mol. The predicted octanol–water partition coefficient (Wildman–Crippen LogP) is 4.24. The van der Waals surface area contributed by atoms with Crippen molar-refractivity contribution in [3.63, 3.8) is 0 Å². The summed E-state index contributed by atoms with van der Waals surface area (Å²) in [5.41, 5.74) is 1.43. The van der Waals surface area contributed by atoms with Crippen LogP contribution in [0.1, 0.15) is 45.1 Å². The lowest BCUT2D eigenvalue weighted by Gasteiger charge is -2.33. The highest BCUT2D eigenvalue weighted by molar-refractivity contribution is 5.17. The summed E-state index contributed by atoms with van der Waals surface area (Å²) >= 11 is 0. The molecule has 2 nitrogen and oxygen atoms in total. The summed E-state index contributed by atoms with van der Waals surface area (Å²) in [5, 5.41) is 0. The first-order valence-corrected chi connectivity index (χ1v) is 8.09. The van der Waals surface area contributed by atoms with Crippen molar-refractivity contribution in [1.82, 2.24) is 9.80 Å². The van der Waals surface area contributed by atoms with E-state index in [1.54, 1.807) is 0 Å². The average molecular weight is 272 g/mol. The van der Waals surface area contributed by atoms with Crippen LogP contribution in [0.2, 0.25) is 0 Å². The van der Waals surface area contributed by atoms with Gasteiger partial charge in [0, 0.05) is 31.9 Å². The third-order valence-corrected chi connectivity index (χ3v) is 4.02. The van der Waals surface area contributed by atoms with E-state index >= 15 is 0 Å². The van der Waals surface area contributed by atoms with Crippen LogP contribution < -0.4 is 0 Å². The summed E-state index contributed by atoms with van der Waals surface area (Å²) < 4.78 is 0. The van der Waals surface area contributed by atoms with Gasteiger partial charge in [-0.25, -0.2) is 0 Å². The van der Waals surface area contributed by atoms with Gasteiger partial charge in [-0.15, -0.1) is 0 Å². The molecule has 2 heteroatoms. The highest BCUT2D eigenvalue weighted by atomic mass is 15.4. The molecule has 0 saturated heterocycles. The molecule has 0 N–H and O–H groups in total. The lowest BCUT2D eigenvalue weighted by Crippen LogP contribution is -2.41. The largest absolute Gasteiger partial charge is 0.356 e. The molecule has 0 fully saturated rings. The number of rotatable bonds is 8. The van der Waals surface area contributed by atoms with E-state index in [0.717, 1.165) is 6.42 Å². The lowest BCUT2D eigenvalue weighted by atomic mass is 10.1. The summed E-state index contributed by atoms with van der Waals surface area (Å²) in [6.07, 6.45) is 11.3. The van der Waals surface area contributed by atoms with Crippen LogP contribution in [-0.4, -0.2) is 29.1 Å². The highest BCUT2D eigenvalue weighted by Gasteiger charge is 2.25. The van der Waals surface area contributed by atoms with Crippen LogP contribution >= 0.6 is 0 Å². The van der Waals surface area contributed by atoms with E-state index in [9.17, 15) is 0 Å². The van der Waals surface area contributed by atoms with E-state index in [2.05, 4.69) is 66.4 Å². The Morgan fingerprint density at radius 1 is 0.850 bits per heavy atom. The van der Waals surface area contributed by atoms with E-state index in [0.29, 0.717) is 6.17 Å². The zero-order valence-electron chi connectivity index (χ0n) is 13.0. The Balaban J connectivity index is 2.00. The van der Waals surface area contributed by atoms with Crippen LogP contribution in [0.3, 0.4) is 0 Å². The molecule has 0 aromatic heterocycles. The highest BCUT2D eigenvalue weighted by Crippen LogP contribution is 2.21. The van der Waals surface area contributed by atoms with Gasteiger partial charge in [0.25, 0.3) is 0 Å². The van der Waals surface area contributed by atoms with Gasteiger partial charge in [0.2, 0.25) is 0 Å².